The number of amides is 1. The van der Waals surface area contributed by atoms with Crippen LogP contribution in [0.4, 0.5) is 5.69 Å². The molecule has 1 amide bonds. The highest BCUT2D eigenvalue weighted by atomic mass is 79.9. The highest BCUT2D eigenvalue weighted by Crippen LogP contribution is 2.35. The third-order valence-electron chi connectivity index (χ3n) is 3.11. The van der Waals surface area contributed by atoms with Gasteiger partial charge in [0.2, 0.25) is 0 Å². The first-order chi connectivity index (χ1) is 10.0. The molecule has 0 aliphatic carbocycles. The monoisotopic (exact) mass is 364 g/mol. The van der Waals surface area contributed by atoms with E-state index in [-0.39, 0.29) is 5.91 Å². The molecule has 0 unspecified atom stereocenters. The number of hydrogen-bond donors (Lipinski definition) is 2. The van der Waals surface area contributed by atoms with Crippen molar-refractivity contribution in [3.05, 3.63) is 45.5 Å². The maximum absolute atomic E-state index is 12.3. The number of carbonyl (C=O) groups excluding carboxylic acids is 1. The minimum atomic E-state index is -0.159. The van der Waals surface area contributed by atoms with Crippen LogP contribution in [0.2, 0.25) is 0 Å². The van der Waals surface area contributed by atoms with Gasteiger partial charge in [-0.1, -0.05) is 22.0 Å². The molecule has 21 heavy (non-hydrogen) atoms. The Morgan fingerprint density at radius 2 is 2.33 bits per heavy atom. The molecule has 5 nitrogen and oxygen atoms in total. The van der Waals surface area contributed by atoms with Crippen LogP contribution in [0, 0.1) is 0 Å². The van der Waals surface area contributed by atoms with E-state index in [0.29, 0.717) is 17.1 Å². The van der Waals surface area contributed by atoms with E-state index >= 15 is 0 Å². The van der Waals surface area contributed by atoms with Gasteiger partial charge >= 0.3 is 0 Å². The minimum absolute atomic E-state index is 0.159. The van der Waals surface area contributed by atoms with E-state index in [4.69, 9.17) is 5.73 Å². The summed E-state index contributed by atoms with van der Waals surface area (Å²) in [7, 11) is 1.84. The fraction of sp³-hybridized carbons (Fsp3) is 0.143. The fourth-order valence-electron chi connectivity index (χ4n) is 2.08. The largest absolute Gasteiger partial charge is 0.397 e. The third-order valence-corrected chi connectivity index (χ3v) is 4.77. The summed E-state index contributed by atoms with van der Waals surface area (Å²) >= 11 is 4.82. The molecule has 1 aromatic carbocycles. The number of fused-ring (bicyclic) bond motifs is 1. The molecule has 0 bridgehead atoms. The maximum Gasteiger partial charge on any atom is 0.263 e. The normalized spacial score (nSPS) is 11.0. The fourth-order valence-corrected chi connectivity index (χ4v) is 3.68. The number of nitrogens with two attached hydrogens (primary N) is 1. The topological polar surface area (TPSA) is 72.9 Å². The number of carbonyl (C=O) groups is 1. The average Bonchev–Trinajstić information content (AvgIpc) is 3.00. The number of benzene rings is 1. The zero-order chi connectivity index (χ0) is 15.0. The van der Waals surface area contributed by atoms with Gasteiger partial charge in [0.1, 0.15) is 4.88 Å². The Morgan fingerprint density at radius 3 is 3.05 bits per heavy atom. The lowest BCUT2D eigenvalue weighted by Crippen LogP contribution is -2.22. The summed E-state index contributed by atoms with van der Waals surface area (Å²) in [4.78, 5) is 12.8. The average molecular weight is 365 g/mol. The number of halogens is 1. The molecule has 0 spiro atoms. The van der Waals surface area contributed by atoms with Crippen molar-refractivity contribution < 1.29 is 4.79 Å². The van der Waals surface area contributed by atoms with E-state index in [1.807, 2.05) is 31.4 Å². The second-order valence-corrected chi connectivity index (χ2v) is 6.66. The third kappa shape index (κ3) is 2.79. The molecule has 108 valence electrons. The zero-order valence-corrected chi connectivity index (χ0v) is 13.7. The van der Waals surface area contributed by atoms with Crippen molar-refractivity contribution in [3.63, 3.8) is 0 Å². The number of nitrogens with one attached hydrogen (secondary N) is 1. The first kappa shape index (κ1) is 14.1. The second-order valence-electron chi connectivity index (χ2n) is 4.69. The molecule has 0 aliphatic rings. The van der Waals surface area contributed by atoms with Crippen molar-refractivity contribution in [1.29, 1.82) is 0 Å². The lowest BCUT2D eigenvalue weighted by molar-refractivity contribution is 0.0956. The molecule has 2 heterocycles. The van der Waals surface area contributed by atoms with E-state index in [1.54, 1.807) is 10.9 Å². The van der Waals surface area contributed by atoms with Crippen LogP contribution in [-0.4, -0.2) is 15.7 Å². The molecule has 3 rings (SSSR count). The number of nitrogens with zero attached hydrogens (tertiary/aromatic N) is 2. The highest BCUT2D eigenvalue weighted by molar-refractivity contribution is 9.10. The zero-order valence-electron chi connectivity index (χ0n) is 11.3. The van der Waals surface area contributed by atoms with Gasteiger partial charge in [0.05, 0.1) is 11.9 Å². The summed E-state index contributed by atoms with van der Waals surface area (Å²) in [5, 5.41) is 7.85. The molecule has 3 N–H and O–H groups in total. The van der Waals surface area contributed by atoms with Gasteiger partial charge in [-0.15, -0.1) is 11.3 Å². The van der Waals surface area contributed by atoms with Crippen LogP contribution >= 0.6 is 27.3 Å². The first-order valence-electron chi connectivity index (χ1n) is 6.28. The summed E-state index contributed by atoms with van der Waals surface area (Å²) in [6.07, 6.45) is 3.59. The van der Waals surface area contributed by atoms with Crippen molar-refractivity contribution >= 4 is 48.9 Å². The van der Waals surface area contributed by atoms with Crippen LogP contribution in [0.3, 0.4) is 0 Å². The summed E-state index contributed by atoms with van der Waals surface area (Å²) in [5.74, 6) is -0.159. The molecule has 2 aromatic heterocycles. The van der Waals surface area contributed by atoms with Crippen molar-refractivity contribution in [1.82, 2.24) is 15.1 Å². The summed E-state index contributed by atoms with van der Waals surface area (Å²) in [5.41, 5.74) is 7.57. The van der Waals surface area contributed by atoms with Gasteiger partial charge in [-0.25, -0.2) is 0 Å². The Bertz CT molecular complexity index is 824. The van der Waals surface area contributed by atoms with Crippen LogP contribution in [-0.2, 0) is 13.6 Å². The van der Waals surface area contributed by atoms with Crippen LogP contribution in [0.15, 0.2) is 35.1 Å². The number of aromatic nitrogens is 2. The Balaban J connectivity index is 1.82. The summed E-state index contributed by atoms with van der Waals surface area (Å²) < 4.78 is 3.67. The van der Waals surface area contributed by atoms with Gasteiger partial charge in [-0.05, 0) is 12.1 Å². The van der Waals surface area contributed by atoms with Crippen molar-refractivity contribution in [3.8, 4) is 0 Å². The molecular weight excluding hydrogens is 352 g/mol. The predicted molar refractivity (Wildman–Crippen MR) is 88.3 cm³/mol. The lowest BCUT2D eigenvalue weighted by atomic mass is 10.2. The second kappa shape index (κ2) is 5.50. The molecule has 0 saturated carbocycles. The minimum Gasteiger partial charge on any atom is -0.397 e. The standard InChI is InChI=1S/C14H13BrN4OS/c1-19-7-8(6-18-19)5-17-14(20)13-12(16)10-3-2-9(15)4-11(10)21-13/h2-4,6-7H,5,16H2,1H3,(H,17,20). The predicted octanol–water partition coefficient (Wildman–Crippen LogP) is 2.91. The van der Waals surface area contributed by atoms with Gasteiger partial charge in [-0.3, -0.25) is 9.48 Å². The number of thiophene rings is 1. The van der Waals surface area contributed by atoms with Gasteiger partial charge in [0.15, 0.2) is 0 Å². The number of rotatable bonds is 3. The molecule has 0 aliphatic heterocycles. The van der Waals surface area contributed by atoms with E-state index in [0.717, 1.165) is 20.1 Å². The smallest absolute Gasteiger partial charge is 0.263 e. The summed E-state index contributed by atoms with van der Waals surface area (Å²) in [6, 6.07) is 5.81. The molecule has 0 radical (unpaired) electrons. The van der Waals surface area contributed by atoms with E-state index in [1.165, 1.54) is 11.3 Å². The maximum atomic E-state index is 12.3. The number of aryl methyl sites for hydroxylation is 1. The molecule has 7 heteroatoms. The van der Waals surface area contributed by atoms with Gasteiger partial charge in [0, 0.05) is 39.9 Å². The Hall–Kier alpha value is -1.86. The lowest BCUT2D eigenvalue weighted by Gasteiger charge is -2.02. The number of anilines is 1. The molecule has 0 atom stereocenters. The van der Waals surface area contributed by atoms with Gasteiger partial charge in [0.25, 0.3) is 5.91 Å². The summed E-state index contributed by atoms with van der Waals surface area (Å²) in [6.45, 7) is 0.435. The highest BCUT2D eigenvalue weighted by Gasteiger charge is 2.16. The molecular formula is C14H13BrN4OS. The van der Waals surface area contributed by atoms with Crippen molar-refractivity contribution in [2.45, 2.75) is 6.54 Å². The number of hydrogen-bond acceptors (Lipinski definition) is 4. The van der Waals surface area contributed by atoms with Gasteiger partial charge < -0.3 is 11.1 Å². The molecule has 0 fully saturated rings. The number of nitrogen functional groups attached to an aromatic ring is 1. The van der Waals surface area contributed by atoms with E-state index in [9.17, 15) is 4.79 Å². The van der Waals surface area contributed by atoms with Crippen LogP contribution in [0.1, 0.15) is 15.2 Å². The van der Waals surface area contributed by atoms with Crippen LogP contribution in [0.25, 0.3) is 10.1 Å². The quantitative estimate of drug-likeness (QED) is 0.750. The Labute approximate surface area is 133 Å². The Kier molecular flexibility index (Phi) is 3.69. The SMILES string of the molecule is Cn1cc(CNC(=O)c2sc3cc(Br)ccc3c2N)cn1. The van der Waals surface area contributed by atoms with Crippen molar-refractivity contribution in [2.75, 3.05) is 5.73 Å². The van der Waals surface area contributed by atoms with Gasteiger partial charge in [-0.2, -0.15) is 5.10 Å². The van der Waals surface area contributed by atoms with E-state index in [2.05, 4.69) is 26.3 Å². The van der Waals surface area contributed by atoms with Crippen LogP contribution < -0.4 is 11.1 Å². The first-order valence-corrected chi connectivity index (χ1v) is 7.89. The Morgan fingerprint density at radius 1 is 1.52 bits per heavy atom. The van der Waals surface area contributed by atoms with Crippen molar-refractivity contribution in [2.24, 2.45) is 7.05 Å². The van der Waals surface area contributed by atoms with E-state index < -0.39 is 0 Å². The molecule has 3 aromatic rings. The molecule has 0 saturated heterocycles. The van der Waals surface area contributed by atoms with Crippen LogP contribution in [0.5, 0.6) is 0 Å².